The van der Waals surface area contributed by atoms with E-state index >= 15 is 0 Å². The van der Waals surface area contributed by atoms with Crippen molar-refractivity contribution in [3.63, 3.8) is 0 Å². The largest absolute Gasteiger partial charge is 0.494 e. The second-order valence-electron chi connectivity index (χ2n) is 8.32. The van der Waals surface area contributed by atoms with E-state index in [9.17, 15) is 4.79 Å². The molecule has 1 saturated heterocycles. The van der Waals surface area contributed by atoms with Gasteiger partial charge in [-0.2, -0.15) is 0 Å². The van der Waals surface area contributed by atoms with Gasteiger partial charge in [-0.1, -0.05) is 30.8 Å². The van der Waals surface area contributed by atoms with Crippen molar-refractivity contribution in [3.05, 3.63) is 36.4 Å². The molecule has 1 fully saturated rings. The molecule has 1 N–H and O–H groups in total. The summed E-state index contributed by atoms with van der Waals surface area (Å²) in [6.07, 6.45) is -0.529. The Balaban J connectivity index is 2.12. The SMILES string of the molecule is C=C(NC(=O)OC(C)(C)C)c1cccc(B2OC(C)(C)C(C)(C)O2)c1. The van der Waals surface area contributed by atoms with Crippen molar-refractivity contribution in [2.45, 2.75) is 65.3 Å². The van der Waals surface area contributed by atoms with Gasteiger partial charge in [-0.25, -0.2) is 4.79 Å². The number of carbonyl (C=O) groups is 1. The van der Waals surface area contributed by atoms with Gasteiger partial charge < -0.3 is 14.0 Å². The van der Waals surface area contributed by atoms with Crippen LogP contribution in [0.4, 0.5) is 4.79 Å². The lowest BCUT2D eigenvalue weighted by atomic mass is 9.78. The molecule has 0 aromatic heterocycles. The minimum absolute atomic E-state index is 0.403. The van der Waals surface area contributed by atoms with Gasteiger partial charge in [0, 0.05) is 5.70 Å². The minimum Gasteiger partial charge on any atom is -0.444 e. The molecular formula is C19H28BNO4. The number of ether oxygens (including phenoxy) is 1. The van der Waals surface area contributed by atoms with E-state index in [1.807, 2.05) is 72.7 Å². The summed E-state index contributed by atoms with van der Waals surface area (Å²) in [5, 5.41) is 2.67. The average molecular weight is 345 g/mol. The Morgan fingerprint density at radius 1 is 1.16 bits per heavy atom. The highest BCUT2D eigenvalue weighted by Crippen LogP contribution is 2.36. The number of hydrogen-bond acceptors (Lipinski definition) is 4. The van der Waals surface area contributed by atoms with Crippen LogP contribution in [0.2, 0.25) is 0 Å². The number of amides is 1. The number of benzene rings is 1. The predicted octanol–water partition coefficient (Wildman–Crippen LogP) is 3.48. The summed E-state index contributed by atoms with van der Waals surface area (Å²) in [6.45, 7) is 17.4. The summed E-state index contributed by atoms with van der Waals surface area (Å²) in [5.74, 6) is 0. The predicted molar refractivity (Wildman–Crippen MR) is 101 cm³/mol. The highest BCUT2D eigenvalue weighted by molar-refractivity contribution is 6.62. The molecule has 25 heavy (non-hydrogen) atoms. The molecule has 5 nitrogen and oxygen atoms in total. The van der Waals surface area contributed by atoms with Crippen molar-refractivity contribution in [2.24, 2.45) is 0 Å². The summed E-state index contributed by atoms with van der Waals surface area (Å²) >= 11 is 0. The van der Waals surface area contributed by atoms with Gasteiger partial charge in [0.15, 0.2) is 0 Å². The first-order valence-corrected chi connectivity index (χ1v) is 8.46. The van der Waals surface area contributed by atoms with Gasteiger partial charge in [-0.3, -0.25) is 5.32 Å². The Labute approximate surface area is 150 Å². The Morgan fingerprint density at radius 2 is 1.72 bits per heavy atom. The fourth-order valence-electron chi connectivity index (χ4n) is 2.35. The van der Waals surface area contributed by atoms with Crippen molar-refractivity contribution < 1.29 is 18.8 Å². The van der Waals surface area contributed by atoms with Crippen LogP contribution in [0.3, 0.4) is 0 Å². The van der Waals surface area contributed by atoms with E-state index in [1.165, 1.54) is 0 Å². The van der Waals surface area contributed by atoms with E-state index in [4.69, 9.17) is 14.0 Å². The lowest BCUT2D eigenvalue weighted by molar-refractivity contribution is 0.00578. The van der Waals surface area contributed by atoms with Gasteiger partial charge in [-0.05, 0) is 59.5 Å². The van der Waals surface area contributed by atoms with Gasteiger partial charge in [0.25, 0.3) is 0 Å². The van der Waals surface area contributed by atoms with Gasteiger partial charge in [0.1, 0.15) is 5.60 Å². The summed E-state index contributed by atoms with van der Waals surface area (Å²) in [7, 11) is -0.459. The molecule has 1 amide bonds. The number of rotatable bonds is 3. The second-order valence-corrected chi connectivity index (χ2v) is 8.32. The van der Waals surface area contributed by atoms with Gasteiger partial charge >= 0.3 is 13.2 Å². The molecule has 0 radical (unpaired) electrons. The lowest BCUT2D eigenvalue weighted by Crippen LogP contribution is -2.41. The maximum atomic E-state index is 11.9. The quantitative estimate of drug-likeness (QED) is 0.852. The summed E-state index contributed by atoms with van der Waals surface area (Å²) in [6, 6.07) is 7.60. The first-order valence-electron chi connectivity index (χ1n) is 8.46. The van der Waals surface area contributed by atoms with E-state index in [-0.39, 0.29) is 0 Å². The summed E-state index contributed by atoms with van der Waals surface area (Å²) in [4.78, 5) is 11.9. The van der Waals surface area contributed by atoms with E-state index in [2.05, 4.69) is 11.9 Å². The van der Waals surface area contributed by atoms with Crippen LogP contribution < -0.4 is 10.8 Å². The maximum Gasteiger partial charge on any atom is 0.494 e. The van der Waals surface area contributed by atoms with Crippen molar-refractivity contribution in [1.29, 1.82) is 0 Å². The molecule has 6 heteroatoms. The summed E-state index contributed by atoms with van der Waals surface area (Å²) in [5.41, 5.74) is 0.752. The van der Waals surface area contributed by atoms with Gasteiger partial charge in [0.05, 0.1) is 11.2 Å². The lowest BCUT2D eigenvalue weighted by Gasteiger charge is -2.32. The van der Waals surface area contributed by atoms with Crippen LogP contribution in [0.25, 0.3) is 5.70 Å². The highest BCUT2D eigenvalue weighted by atomic mass is 16.7. The third-order valence-electron chi connectivity index (χ3n) is 4.41. The van der Waals surface area contributed by atoms with Crippen molar-refractivity contribution >= 4 is 24.4 Å². The Morgan fingerprint density at radius 3 is 2.24 bits per heavy atom. The molecule has 136 valence electrons. The molecule has 1 aromatic carbocycles. The summed E-state index contributed by atoms with van der Waals surface area (Å²) < 4.78 is 17.4. The van der Waals surface area contributed by atoms with Crippen LogP contribution >= 0.6 is 0 Å². The molecule has 0 unspecified atom stereocenters. The van der Waals surface area contributed by atoms with E-state index in [0.29, 0.717) is 5.70 Å². The highest BCUT2D eigenvalue weighted by Gasteiger charge is 2.51. The molecule has 1 aliphatic rings. The molecule has 0 spiro atoms. The Bertz CT molecular complexity index is 660. The van der Waals surface area contributed by atoms with Crippen LogP contribution in [-0.4, -0.2) is 30.0 Å². The number of nitrogens with one attached hydrogen (secondary N) is 1. The third-order valence-corrected chi connectivity index (χ3v) is 4.41. The Kier molecular flexibility index (Phi) is 5.08. The van der Waals surface area contributed by atoms with Crippen LogP contribution in [-0.2, 0) is 14.0 Å². The van der Waals surface area contributed by atoms with E-state index in [0.717, 1.165) is 11.0 Å². The van der Waals surface area contributed by atoms with Crippen molar-refractivity contribution in [1.82, 2.24) is 5.32 Å². The Hall–Kier alpha value is -1.79. The number of hydrogen-bond donors (Lipinski definition) is 1. The zero-order chi connectivity index (χ0) is 19.0. The number of carbonyl (C=O) groups excluding carboxylic acids is 1. The van der Waals surface area contributed by atoms with Crippen LogP contribution in [0, 0.1) is 0 Å². The molecule has 0 saturated carbocycles. The normalized spacial score (nSPS) is 18.8. The third kappa shape index (κ3) is 4.64. The smallest absolute Gasteiger partial charge is 0.444 e. The maximum absolute atomic E-state index is 11.9. The van der Waals surface area contributed by atoms with E-state index < -0.39 is 30.0 Å². The molecule has 0 atom stereocenters. The average Bonchev–Trinajstić information content (AvgIpc) is 2.65. The fourth-order valence-corrected chi connectivity index (χ4v) is 2.35. The molecule has 1 aromatic rings. The standard InChI is InChI=1S/C19H28BNO4/c1-13(21-16(22)23-17(2,3)4)14-10-9-11-15(12-14)20-24-18(5,6)19(7,8)25-20/h9-12H,1H2,2-8H3,(H,21,22). The van der Waals surface area contributed by atoms with Crippen molar-refractivity contribution in [2.75, 3.05) is 0 Å². The monoisotopic (exact) mass is 345 g/mol. The first kappa shape index (κ1) is 19.5. The molecule has 0 aliphatic carbocycles. The van der Waals surface area contributed by atoms with Gasteiger partial charge in [-0.15, -0.1) is 0 Å². The van der Waals surface area contributed by atoms with Crippen LogP contribution in [0.15, 0.2) is 30.8 Å². The second kappa shape index (κ2) is 6.50. The molecule has 2 rings (SSSR count). The number of alkyl carbamates (subject to hydrolysis) is 1. The van der Waals surface area contributed by atoms with E-state index in [1.54, 1.807) is 0 Å². The molecule has 1 aliphatic heterocycles. The van der Waals surface area contributed by atoms with Gasteiger partial charge in [0.2, 0.25) is 0 Å². The zero-order valence-electron chi connectivity index (χ0n) is 16.2. The molecular weight excluding hydrogens is 317 g/mol. The zero-order valence-corrected chi connectivity index (χ0v) is 16.2. The molecule has 0 bridgehead atoms. The first-order chi connectivity index (χ1) is 11.3. The van der Waals surface area contributed by atoms with Crippen LogP contribution in [0.1, 0.15) is 54.0 Å². The topological polar surface area (TPSA) is 56.8 Å². The molecule has 1 heterocycles. The minimum atomic E-state index is -0.561. The van der Waals surface area contributed by atoms with Crippen LogP contribution in [0.5, 0.6) is 0 Å². The van der Waals surface area contributed by atoms with Crippen molar-refractivity contribution in [3.8, 4) is 0 Å². The fraction of sp³-hybridized carbons (Fsp3) is 0.526.